The van der Waals surface area contributed by atoms with E-state index < -0.39 is 0 Å². The van der Waals surface area contributed by atoms with Gasteiger partial charge in [0.1, 0.15) is 0 Å². The van der Waals surface area contributed by atoms with Crippen LogP contribution in [0.5, 0.6) is 0 Å². The van der Waals surface area contributed by atoms with Gasteiger partial charge in [-0.15, -0.1) is 0 Å². The molecule has 1 heterocycles. The van der Waals surface area contributed by atoms with Gasteiger partial charge in [-0.05, 0) is 19.8 Å². The second-order valence-electron chi connectivity index (χ2n) is 3.27. The fraction of sp³-hybridized carbons (Fsp3) is 1.00. The predicted octanol–water partition coefficient (Wildman–Crippen LogP) is 0.997. The van der Waals surface area contributed by atoms with E-state index in [1.165, 1.54) is 0 Å². The van der Waals surface area contributed by atoms with Crippen LogP contribution in [0.3, 0.4) is 0 Å². The molecule has 0 amide bonds. The summed E-state index contributed by atoms with van der Waals surface area (Å²) in [5.74, 6) is 0. The first-order chi connectivity index (χ1) is 4.64. The summed E-state index contributed by atoms with van der Waals surface area (Å²) < 4.78 is 0. The first kappa shape index (κ1) is 10.9. The average Bonchev–Trinajstić information content (AvgIpc) is 1.88. The van der Waals surface area contributed by atoms with Gasteiger partial charge in [-0.3, -0.25) is 0 Å². The van der Waals surface area contributed by atoms with E-state index in [1.807, 2.05) is 5.06 Å². The molecule has 0 aromatic rings. The maximum atomic E-state index is 5.91. The second kappa shape index (κ2) is 4.04. The summed E-state index contributed by atoms with van der Waals surface area (Å²) in [4.78, 5) is 5.06. The van der Waals surface area contributed by atoms with Crippen LogP contribution >= 0.6 is 0 Å². The molecule has 1 rings (SSSR count). The van der Waals surface area contributed by atoms with E-state index in [1.54, 1.807) is 7.11 Å². The van der Waals surface area contributed by atoms with Crippen LogP contribution in [0.4, 0.5) is 0 Å². The van der Waals surface area contributed by atoms with Crippen molar-refractivity contribution in [2.75, 3.05) is 20.2 Å². The van der Waals surface area contributed by atoms with Gasteiger partial charge in [0.25, 0.3) is 0 Å². The van der Waals surface area contributed by atoms with E-state index in [0.29, 0.717) is 0 Å². The highest BCUT2D eigenvalue weighted by Gasteiger charge is 2.25. The molecule has 0 bridgehead atoms. The Morgan fingerprint density at radius 3 is 2.18 bits per heavy atom. The van der Waals surface area contributed by atoms with Crippen LogP contribution in [0, 0.1) is 0 Å². The molecule has 0 spiro atoms. The maximum Gasteiger partial charge on any atom is 0.0575 e. The number of hydrogen-bond donors (Lipinski definition) is 1. The molecule has 3 nitrogen and oxygen atoms in total. The average molecular weight is 160 g/mol. The zero-order valence-electron chi connectivity index (χ0n) is 6.76. The molecule has 0 atom stereocenters. The number of hydroxylamine groups is 2. The van der Waals surface area contributed by atoms with E-state index in [0.717, 1.165) is 25.9 Å². The lowest BCUT2D eigenvalue weighted by atomic mass is 9.92. The van der Waals surface area contributed by atoms with Gasteiger partial charge in [-0.1, -0.05) is 7.43 Å². The fourth-order valence-electron chi connectivity index (χ4n) is 1.18. The molecule has 3 heteroatoms. The number of rotatable bonds is 1. The highest BCUT2D eigenvalue weighted by Crippen LogP contribution is 2.17. The minimum Gasteiger partial charge on any atom is -0.325 e. The first-order valence-electron chi connectivity index (χ1n) is 3.72. The third kappa shape index (κ3) is 3.18. The number of hydrogen-bond acceptors (Lipinski definition) is 3. The molecule has 0 saturated carbocycles. The van der Waals surface area contributed by atoms with Crippen molar-refractivity contribution in [1.82, 2.24) is 5.06 Å². The quantitative estimate of drug-likeness (QED) is 0.622. The summed E-state index contributed by atoms with van der Waals surface area (Å²) in [7, 11) is 1.71. The first-order valence-corrected chi connectivity index (χ1v) is 3.72. The Morgan fingerprint density at radius 2 is 1.82 bits per heavy atom. The van der Waals surface area contributed by atoms with Crippen molar-refractivity contribution < 1.29 is 4.84 Å². The van der Waals surface area contributed by atoms with E-state index in [4.69, 9.17) is 10.6 Å². The highest BCUT2D eigenvalue weighted by molar-refractivity contribution is 4.83. The van der Waals surface area contributed by atoms with Gasteiger partial charge in [0, 0.05) is 18.6 Å². The minimum atomic E-state index is 0. The molecule has 1 fully saturated rings. The lowest BCUT2D eigenvalue weighted by Gasteiger charge is -2.35. The van der Waals surface area contributed by atoms with Crippen LogP contribution in [0.2, 0.25) is 0 Å². The van der Waals surface area contributed by atoms with Gasteiger partial charge in [-0.2, -0.15) is 5.06 Å². The van der Waals surface area contributed by atoms with Crippen LogP contribution < -0.4 is 5.73 Å². The molecule has 1 aliphatic rings. The van der Waals surface area contributed by atoms with Gasteiger partial charge in [0.2, 0.25) is 0 Å². The van der Waals surface area contributed by atoms with Crippen molar-refractivity contribution in [3.05, 3.63) is 0 Å². The molecule has 2 N–H and O–H groups in total. The summed E-state index contributed by atoms with van der Waals surface area (Å²) in [5.41, 5.74) is 5.95. The van der Waals surface area contributed by atoms with Crippen LogP contribution in [0.25, 0.3) is 0 Å². The molecular weight excluding hydrogens is 140 g/mol. The Hall–Kier alpha value is -0.120. The third-order valence-electron chi connectivity index (χ3n) is 2.12. The van der Waals surface area contributed by atoms with Gasteiger partial charge < -0.3 is 10.6 Å². The maximum absolute atomic E-state index is 5.91. The molecule has 0 unspecified atom stereocenters. The zero-order valence-corrected chi connectivity index (χ0v) is 6.76. The molecule has 1 saturated heterocycles. The largest absolute Gasteiger partial charge is 0.325 e. The monoisotopic (exact) mass is 160 g/mol. The van der Waals surface area contributed by atoms with E-state index >= 15 is 0 Å². The molecule has 11 heavy (non-hydrogen) atoms. The molecule has 68 valence electrons. The molecule has 1 aliphatic heterocycles. The standard InChI is InChI=1S/C7H16N2O.CH4/c1-7(8)3-5-9(10-2)6-4-7;/h3-6,8H2,1-2H3;1H4. The number of nitrogens with zero attached hydrogens (tertiary/aromatic N) is 1. The summed E-state index contributed by atoms with van der Waals surface area (Å²) in [6, 6.07) is 0. The lowest BCUT2D eigenvalue weighted by molar-refractivity contribution is -0.149. The van der Waals surface area contributed by atoms with Gasteiger partial charge in [0.05, 0.1) is 7.11 Å². The smallest absolute Gasteiger partial charge is 0.0575 e. The third-order valence-corrected chi connectivity index (χ3v) is 2.12. The molecular formula is C8H20N2O. The van der Waals surface area contributed by atoms with Crippen molar-refractivity contribution in [2.45, 2.75) is 32.7 Å². The molecule has 0 aromatic carbocycles. The Bertz CT molecular complexity index is 105. The van der Waals surface area contributed by atoms with E-state index in [2.05, 4.69) is 6.92 Å². The Labute approximate surface area is 69.5 Å². The summed E-state index contributed by atoms with van der Waals surface area (Å²) >= 11 is 0. The fourth-order valence-corrected chi connectivity index (χ4v) is 1.18. The van der Waals surface area contributed by atoms with Crippen LogP contribution in [-0.2, 0) is 4.84 Å². The molecule has 0 aromatic heterocycles. The Morgan fingerprint density at radius 1 is 1.36 bits per heavy atom. The number of piperidine rings is 1. The highest BCUT2D eigenvalue weighted by atomic mass is 16.7. The number of nitrogens with two attached hydrogens (primary N) is 1. The summed E-state index contributed by atoms with van der Waals surface area (Å²) in [6.45, 7) is 4.02. The van der Waals surface area contributed by atoms with Gasteiger partial charge >= 0.3 is 0 Å². The SMILES string of the molecule is C.CON1CCC(C)(N)CC1. The van der Waals surface area contributed by atoms with Crippen molar-refractivity contribution in [1.29, 1.82) is 0 Å². The minimum absolute atomic E-state index is 0. The van der Waals surface area contributed by atoms with Gasteiger partial charge in [-0.25, -0.2) is 0 Å². The zero-order chi connectivity index (χ0) is 7.61. The van der Waals surface area contributed by atoms with E-state index in [-0.39, 0.29) is 13.0 Å². The Kier molecular flexibility index (Phi) is 4.00. The van der Waals surface area contributed by atoms with Gasteiger partial charge in [0.15, 0.2) is 0 Å². The van der Waals surface area contributed by atoms with Crippen LogP contribution in [-0.4, -0.2) is 30.8 Å². The molecule has 0 aliphatic carbocycles. The topological polar surface area (TPSA) is 38.5 Å². The lowest BCUT2D eigenvalue weighted by Crippen LogP contribution is -2.47. The Balaban J connectivity index is 0.000001000. The summed E-state index contributed by atoms with van der Waals surface area (Å²) in [5, 5.41) is 1.95. The van der Waals surface area contributed by atoms with Crippen LogP contribution in [0.15, 0.2) is 0 Å². The van der Waals surface area contributed by atoms with Crippen molar-refractivity contribution in [2.24, 2.45) is 5.73 Å². The summed E-state index contributed by atoms with van der Waals surface area (Å²) in [6.07, 6.45) is 2.06. The van der Waals surface area contributed by atoms with E-state index in [9.17, 15) is 0 Å². The second-order valence-corrected chi connectivity index (χ2v) is 3.27. The molecule has 0 radical (unpaired) electrons. The van der Waals surface area contributed by atoms with Crippen molar-refractivity contribution >= 4 is 0 Å². The normalized spacial score (nSPS) is 24.3. The van der Waals surface area contributed by atoms with Crippen LogP contribution in [0.1, 0.15) is 27.2 Å². The predicted molar refractivity (Wildman–Crippen MR) is 47.1 cm³/mol. The van der Waals surface area contributed by atoms with Crippen molar-refractivity contribution in [3.63, 3.8) is 0 Å². The van der Waals surface area contributed by atoms with Crippen molar-refractivity contribution in [3.8, 4) is 0 Å².